The van der Waals surface area contributed by atoms with E-state index in [4.69, 9.17) is 13.9 Å². The lowest BCUT2D eigenvalue weighted by Gasteiger charge is -2.28. The van der Waals surface area contributed by atoms with Crippen LogP contribution in [0.1, 0.15) is 43.1 Å². The molecule has 0 aliphatic carbocycles. The molecule has 5 rings (SSSR count). The summed E-state index contributed by atoms with van der Waals surface area (Å²) in [6, 6.07) is 6.78. The number of anilines is 1. The molecule has 0 radical (unpaired) electrons. The maximum absolute atomic E-state index is 10.1. The molecule has 0 N–H and O–H groups in total. The number of likely N-dealkylation sites (N-methyl/N-ethyl adjacent to an activating group) is 1. The number of nitriles is 1. The quantitative estimate of drug-likeness (QED) is 0.631. The Labute approximate surface area is 182 Å². The molecule has 2 aliphatic rings. The fourth-order valence-electron chi connectivity index (χ4n) is 5.01. The van der Waals surface area contributed by atoms with E-state index in [0.29, 0.717) is 29.5 Å². The van der Waals surface area contributed by atoms with Gasteiger partial charge in [0.15, 0.2) is 11.4 Å². The molecule has 3 aromatic rings. The summed E-state index contributed by atoms with van der Waals surface area (Å²) < 4.78 is 18.4. The predicted octanol–water partition coefficient (Wildman–Crippen LogP) is 4.13. The zero-order valence-electron chi connectivity index (χ0n) is 18.7. The number of nitrogens with zero attached hydrogens (tertiary/aromatic N) is 4. The zero-order valence-corrected chi connectivity index (χ0v) is 18.7. The van der Waals surface area contributed by atoms with Gasteiger partial charge < -0.3 is 23.7 Å². The van der Waals surface area contributed by atoms with Gasteiger partial charge in [-0.15, -0.1) is 0 Å². The first-order chi connectivity index (χ1) is 14.8. The molecule has 0 saturated carbocycles. The van der Waals surface area contributed by atoms with Gasteiger partial charge in [0.2, 0.25) is 5.71 Å². The molecule has 0 amide bonds. The van der Waals surface area contributed by atoms with Crippen LogP contribution in [-0.4, -0.2) is 55.5 Å². The van der Waals surface area contributed by atoms with E-state index in [1.165, 1.54) is 0 Å². The van der Waals surface area contributed by atoms with Crippen LogP contribution >= 0.6 is 0 Å². The van der Waals surface area contributed by atoms with Crippen molar-refractivity contribution in [1.29, 1.82) is 5.26 Å². The molecule has 2 fully saturated rings. The van der Waals surface area contributed by atoms with Crippen LogP contribution in [0.5, 0.6) is 0 Å². The summed E-state index contributed by atoms with van der Waals surface area (Å²) in [4.78, 5) is 9.13. The van der Waals surface area contributed by atoms with E-state index >= 15 is 0 Å². The molecule has 7 nitrogen and oxygen atoms in total. The molecule has 0 spiro atoms. The van der Waals surface area contributed by atoms with Crippen LogP contribution in [0, 0.1) is 18.3 Å². The van der Waals surface area contributed by atoms with Crippen molar-refractivity contribution in [2.75, 3.05) is 38.7 Å². The highest BCUT2D eigenvalue weighted by atomic mass is 16.7. The van der Waals surface area contributed by atoms with Crippen molar-refractivity contribution in [2.24, 2.45) is 0 Å². The minimum atomic E-state index is -0.659. The third-order valence-corrected chi connectivity index (χ3v) is 6.62. The highest BCUT2D eigenvalue weighted by molar-refractivity contribution is 6.13. The first kappa shape index (κ1) is 20.3. The van der Waals surface area contributed by atoms with E-state index < -0.39 is 5.79 Å². The number of fused-ring (bicyclic) bond motifs is 3. The van der Waals surface area contributed by atoms with E-state index in [-0.39, 0.29) is 6.10 Å². The van der Waals surface area contributed by atoms with Crippen molar-refractivity contribution in [3.63, 3.8) is 0 Å². The van der Waals surface area contributed by atoms with Gasteiger partial charge in [-0.05, 0) is 59.0 Å². The van der Waals surface area contributed by atoms with Gasteiger partial charge >= 0.3 is 0 Å². The number of aromatic nitrogens is 1. The van der Waals surface area contributed by atoms with Gasteiger partial charge in [0.25, 0.3) is 0 Å². The first-order valence-electron chi connectivity index (χ1n) is 10.8. The minimum absolute atomic E-state index is 0.249. The summed E-state index contributed by atoms with van der Waals surface area (Å²) in [5.41, 5.74) is 4.72. The number of benzene rings is 1. The molecular formula is C24H28N4O3. The van der Waals surface area contributed by atoms with Gasteiger partial charge in [0.1, 0.15) is 12.2 Å². The Morgan fingerprint density at radius 2 is 2.13 bits per heavy atom. The predicted molar refractivity (Wildman–Crippen MR) is 119 cm³/mol. The maximum Gasteiger partial charge on any atom is 0.227 e. The Kier molecular flexibility index (Phi) is 4.70. The van der Waals surface area contributed by atoms with Gasteiger partial charge in [-0.1, -0.05) is 0 Å². The molecule has 2 aromatic heterocycles. The molecule has 2 aliphatic heterocycles. The minimum Gasteiger partial charge on any atom is -0.436 e. The number of rotatable bonds is 3. The fraction of sp³-hybridized carbons (Fsp3) is 0.500. The topological polar surface area (TPSA) is 74.8 Å². The van der Waals surface area contributed by atoms with Crippen LogP contribution in [0.15, 0.2) is 22.7 Å². The van der Waals surface area contributed by atoms with Crippen molar-refractivity contribution in [1.82, 2.24) is 9.88 Å². The Morgan fingerprint density at radius 3 is 2.77 bits per heavy atom. The lowest BCUT2D eigenvalue weighted by Crippen LogP contribution is -2.32. The second kappa shape index (κ2) is 7.20. The first-order valence-corrected chi connectivity index (χ1v) is 10.8. The van der Waals surface area contributed by atoms with Crippen LogP contribution in [0.2, 0.25) is 0 Å². The largest absolute Gasteiger partial charge is 0.436 e. The summed E-state index contributed by atoms with van der Waals surface area (Å²) in [6.07, 6.45) is 2.55. The third-order valence-electron chi connectivity index (χ3n) is 6.62. The van der Waals surface area contributed by atoms with Crippen LogP contribution in [-0.2, 0) is 9.47 Å². The molecule has 4 heterocycles. The summed E-state index contributed by atoms with van der Waals surface area (Å²) in [7, 11) is 4.25. The molecule has 0 bridgehead atoms. The monoisotopic (exact) mass is 420 g/mol. The highest BCUT2D eigenvalue weighted by Crippen LogP contribution is 2.48. The Bertz CT molecular complexity index is 1210. The zero-order chi connectivity index (χ0) is 21.9. The van der Waals surface area contributed by atoms with E-state index in [9.17, 15) is 5.26 Å². The van der Waals surface area contributed by atoms with Crippen molar-refractivity contribution < 1.29 is 13.9 Å². The molecule has 7 heteroatoms. The van der Waals surface area contributed by atoms with E-state index in [2.05, 4.69) is 34.9 Å². The highest BCUT2D eigenvalue weighted by Gasteiger charge is 2.39. The molecule has 162 valence electrons. The molecule has 0 unspecified atom stereocenters. The second-order valence-electron chi connectivity index (χ2n) is 9.21. The van der Waals surface area contributed by atoms with Crippen LogP contribution in [0.4, 0.5) is 5.69 Å². The SMILES string of the molecule is Cc1c([C@H]2COC(C)(C)O2)c(N2CC[C@H](N(C)C)C2)c2c(oc3ncccc32)c1C#N. The van der Waals surface area contributed by atoms with Crippen molar-refractivity contribution >= 4 is 27.8 Å². The maximum atomic E-state index is 10.1. The average Bonchev–Trinajstić information content (AvgIpc) is 3.43. The normalized spacial score (nSPS) is 23.3. The van der Waals surface area contributed by atoms with Gasteiger partial charge in [0.05, 0.1) is 28.6 Å². The van der Waals surface area contributed by atoms with Crippen molar-refractivity contribution in [3.8, 4) is 6.07 Å². The number of hydrogen-bond acceptors (Lipinski definition) is 7. The molecule has 2 atom stereocenters. The number of pyridine rings is 1. The van der Waals surface area contributed by atoms with Gasteiger partial charge in [0, 0.05) is 30.9 Å². The smallest absolute Gasteiger partial charge is 0.227 e. The third kappa shape index (κ3) is 3.18. The lowest BCUT2D eigenvalue weighted by atomic mass is 9.92. The van der Waals surface area contributed by atoms with Gasteiger partial charge in [-0.2, -0.15) is 5.26 Å². The standard InChI is InChI=1S/C24H28N4O3/c1-14-17(11-25)22-20(16-7-6-9-26-23(16)30-22)21(28-10-8-15(12-28)27(4)5)19(14)18-13-29-24(2,3)31-18/h6-7,9,15,18H,8,10,12-13H2,1-5H3/t15-,18+/m0/s1. The number of furan rings is 1. The second-order valence-corrected chi connectivity index (χ2v) is 9.21. The van der Waals surface area contributed by atoms with Crippen LogP contribution in [0.3, 0.4) is 0 Å². The number of hydrogen-bond donors (Lipinski definition) is 0. The van der Waals surface area contributed by atoms with E-state index in [0.717, 1.165) is 47.1 Å². The van der Waals surface area contributed by atoms with Crippen molar-refractivity contribution in [2.45, 2.75) is 45.1 Å². The summed E-state index contributed by atoms with van der Waals surface area (Å²) in [5, 5.41) is 11.9. The van der Waals surface area contributed by atoms with E-state index in [1.807, 2.05) is 32.9 Å². The van der Waals surface area contributed by atoms with Gasteiger partial charge in [-0.25, -0.2) is 4.98 Å². The average molecular weight is 421 g/mol. The fourth-order valence-corrected chi connectivity index (χ4v) is 5.01. The van der Waals surface area contributed by atoms with Crippen molar-refractivity contribution in [3.05, 3.63) is 35.0 Å². The molecule has 1 aromatic carbocycles. The Hall–Kier alpha value is -2.66. The summed E-state index contributed by atoms with van der Waals surface area (Å²) in [6.45, 7) is 8.15. The lowest BCUT2D eigenvalue weighted by molar-refractivity contribution is -0.139. The number of ether oxygens (including phenoxy) is 2. The van der Waals surface area contributed by atoms with Crippen LogP contribution < -0.4 is 4.90 Å². The summed E-state index contributed by atoms with van der Waals surface area (Å²) in [5.74, 6) is -0.659. The summed E-state index contributed by atoms with van der Waals surface area (Å²) >= 11 is 0. The molecular weight excluding hydrogens is 392 g/mol. The van der Waals surface area contributed by atoms with Gasteiger partial charge in [-0.3, -0.25) is 0 Å². The Balaban J connectivity index is 1.83. The van der Waals surface area contributed by atoms with Crippen LogP contribution in [0.25, 0.3) is 22.1 Å². The molecule has 2 saturated heterocycles. The Morgan fingerprint density at radius 1 is 1.32 bits per heavy atom. The van der Waals surface area contributed by atoms with E-state index in [1.54, 1.807) is 6.20 Å². The molecule has 31 heavy (non-hydrogen) atoms.